The molecule has 27 heavy (non-hydrogen) atoms. The Hall–Kier alpha value is -2.10. The van der Waals surface area contributed by atoms with E-state index >= 15 is 0 Å². The lowest BCUT2D eigenvalue weighted by atomic mass is 9.84. The Kier molecular flexibility index (Phi) is 6.18. The van der Waals surface area contributed by atoms with Gasteiger partial charge >= 0.3 is 0 Å². The maximum absolute atomic E-state index is 12.7. The second-order valence-electron chi connectivity index (χ2n) is 10.0. The number of amides is 1. The van der Waals surface area contributed by atoms with E-state index in [0.717, 1.165) is 23.6 Å². The van der Waals surface area contributed by atoms with Gasteiger partial charge in [0.2, 0.25) is 5.91 Å². The van der Waals surface area contributed by atoms with Gasteiger partial charge in [-0.05, 0) is 36.8 Å². The van der Waals surface area contributed by atoms with Gasteiger partial charge in [0.05, 0.1) is 11.4 Å². The molecule has 0 spiro atoms. The summed E-state index contributed by atoms with van der Waals surface area (Å²) >= 11 is 0. The molecule has 1 heterocycles. The van der Waals surface area contributed by atoms with Crippen LogP contribution in [-0.4, -0.2) is 15.7 Å². The van der Waals surface area contributed by atoms with Gasteiger partial charge in [-0.25, -0.2) is 4.68 Å². The summed E-state index contributed by atoms with van der Waals surface area (Å²) in [4.78, 5) is 12.7. The molecule has 1 amide bonds. The van der Waals surface area contributed by atoms with Crippen molar-refractivity contribution in [2.45, 2.75) is 73.6 Å². The van der Waals surface area contributed by atoms with Crippen molar-refractivity contribution in [1.29, 1.82) is 0 Å². The van der Waals surface area contributed by atoms with Crippen LogP contribution >= 0.6 is 0 Å². The quantitative estimate of drug-likeness (QED) is 0.715. The lowest BCUT2D eigenvalue weighted by Gasteiger charge is -2.22. The molecule has 148 valence electrons. The van der Waals surface area contributed by atoms with E-state index in [1.165, 1.54) is 5.56 Å². The van der Waals surface area contributed by atoms with Crippen LogP contribution in [0.25, 0.3) is 5.69 Å². The van der Waals surface area contributed by atoms with E-state index in [4.69, 9.17) is 5.10 Å². The normalized spacial score (nSPS) is 13.5. The average molecular weight is 370 g/mol. The van der Waals surface area contributed by atoms with Crippen molar-refractivity contribution in [3.8, 4) is 5.69 Å². The summed E-state index contributed by atoms with van der Waals surface area (Å²) < 4.78 is 1.84. The van der Waals surface area contributed by atoms with Crippen LogP contribution in [0.5, 0.6) is 0 Å². The number of carbonyl (C=O) groups excluding carboxylic acids is 1. The highest BCUT2D eigenvalue weighted by atomic mass is 16.1. The van der Waals surface area contributed by atoms with Crippen molar-refractivity contribution in [3.63, 3.8) is 0 Å². The monoisotopic (exact) mass is 369 g/mol. The third-order valence-electron chi connectivity index (χ3n) is 4.52. The molecular formula is C23H35N3O. The summed E-state index contributed by atoms with van der Waals surface area (Å²) in [5.41, 5.74) is 3.25. The van der Waals surface area contributed by atoms with Gasteiger partial charge in [-0.15, -0.1) is 0 Å². The average Bonchev–Trinajstić information content (AvgIpc) is 2.89. The highest BCUT2D eigenvalue weighted by molar-refractivity contribution is 5.90. The molecule has 4 heteroatoms. The van der Waals surface area contributed by atoms with E-state index in [1.807, 2.05) is 22.9 Å². The van der Waals surface area contributed by atoms with E-state index in [2.05, 4.69) is 72.8 Å². The molecule has 1 unspecified atom stereocenters. The van der Waals surface area contributed by atoms with Crippen LogP contribution in [0, 0.1) is 18.3 Å². The topological polar surface area (TPSA) is 46.9 Å². The van der Waals surface area contributed by atoms with E-state index < -0.39 is 0 Å². The lowest BCUT2D eigenvalue weighted by molar-refractivity contribution is -0.117. The van der Waals surface area contributed by atoms with E-state index in [0.29, 0.717) is 12.3 Å². The van der Waals surface area contributed by atoms with Crippen molar-refractivity contribution in [1.82, 2.24) is 9.78 Å². The number of rotatable bonds is 5. The van der Waals surface area contributed by atoms with Crippen molar-refractivity contribution in [3.05, 3.63) is 41.6 Å². The fraction of sp³-hybridized carbons (Fsp3) is 0.565. The smallest absolute Gasteiger partial charge is 0.225 e. The minimum Gasteiger partial charge on any atom is -0.311 e. The molecule has 0 aliphatic rings. The first-order valence-corrected chi connectivity index (χ1v) is 9.82. The molecule has 0 bridgehead atoms. The lowest BCUT2D eigenvalue weighted by Crippen LogP contribution is -2.20. The SMILES string of the molecule is Cc1ccc(-n2nc(C(C)(C)C)cc2NC(=O)CC(C)CC(C)(C)C)cc1. The van der Waals surface area contributed by atoms with Gasteiger partial charge in [0.25, 0.3) is 0 Å². The molecule has 1 aromatic heterocycles. The molecule has 0 radical (unpaired) electrons. The number of hydrogen-bond acceptors (Lipinski definition) is 2. The summed E-state index contributed by atoms with van der Waals surface area (Å²) in [6.07, 6.45) is 1.53. The minimum absolute atomic E-state index is 0.0421. The van der Waals surface area contributed by atoms with Gasteiger partial charge in [-0.2, -0.15) is 5.10 Å². The van der Waals surface area contributed by atoms with Crippen molar-refractivity contribution >= 4 is 11.7 Å². The maximum atomic E-state index is 12.7. The Balaban J connectivity index is 2.25. The van der Waals surface area contributed by atoms with Crippen LogP contribution in [0.2, 0.25) is 0 Å². The number of aromatic nitrogens is 2. The highest BCUT2D eigenvalue weighted by Gasteiger charge is 2.23. The first-order valence-electron chi connectivity index (χ1n) is 9.82. The number of nitrogens with zero attached hydrogens (tertiary/aromatic N) is 2. The standard InChI is InChI=1S/C23H35N3O/c1-16-9-11-18(12-10-16)26-20(14-19(25-26)23(6,7)8)24-21(27)13-17(2)15-22(3,4)5/h9-12,14,17H,13,15H2,1-8H3,(H,24,27). The Morgan fingerprint density at radius 3 is 2.22 bits per heavy atom. The summed E-state index contributed by atoms with van der Waals surface area (Å²) in [5, 5.41) is 7.87. The third kappa shape index (κ3) is 6.23. The zero-order chi connectivity index (χ0) is 20.4. The Morgan fingerprint density at radius 1 is 1.11 bits per heavy atom. The second-order valence-corrected chi connectivity index (χ2v) is 10.0. The zero-order valence-corrected chi connectivity index (χ0v) is 18.2. The highest BCUT2D eigenvalue weighted by Crippen LogP contribution is 2.28. The molecule has 0 aliphatic heterocycles. The number of benzene rings is 1. The van der Waals surface area contributed by atoms with Crippen molar-refractivity contribution < 1.29 is 4.79 Å². The molecule has 0 saturated carbocycles. The summed E-state index contributed by atoms with van der Waals surface area (Å²) in [5.74, 6) is 1.11. The van der Waals surface area contributed by atoms with Gasteiger partial charge < -0.3 is 5.32 Å². The number of anilines is 1. The van der Waals surface area contributed by atoms with Gasteiger partial charge in [0.15, 0.2) is 0 Å². The molecule has 0 saturated heterocycles. The summed E-state index contributed by atoms with van der Waals surface area (Å²) in [7, 11) is 0. The molecule has 1 aromatic carbocycles. The van der Waals surface area contributed by atoms with Crippen LogP contribution in [-0.2, 0) is 10.2 Å². The second kappa shape index (κ2) is 7.87. The van der Waals surface area contributed by atoms with E-state index in [1.54, 1.807) is 0 Å². The molecule has 2 aromatic rings. The molecule has 1 N–H and O–H groups in total. The molecule has 1 atom stereocenters. The van der Waals surface area contributed by atoms with E-state index in [9.17, 15) is 4.79 Å². The predicted molar refractivity (Wildman–Crippen MR) is 113 cm³/mol. The number of hydrogen-bond donors (Lipinski definition) is 1. The predicted octanol–water partition coefficient (Wildman–Crippen LogP) is 5.88. The van der Waals surface area contributed by atoms with Gasteiger partial charge in [-0.3, -0.25) is 4.79 Å². The van der Waals surface area contributed by atoms with Crippen molar-refractivity contribution in [2.24, 2.45) is 11.3 Å². The number of aryl methyl sites for hydroxylation is 1. The van der Waals surface area contributed by atoms with Crippen LogP contribution in [0.15, 0.2) is 30.3 Å². The number of nitrogens with one attached hydrogen (secondary N) is 1. The zero-order valence-electron chi connectivity index (χ0n) is 18.2. The van der Waals surface area contributed by atoms with Crippen LogP contribution in [0.3, 0.4) is 0 Å². The fourth-order valence-electron chi connectivity index (χ4n) is 3.35. The summed E-state index contributed by atoms with van der Waals surface area (Å²) in [6.45, 7) is 17.2. The molecule has 4 nitrogen and oxygen atoms in total. The third-order valence-corrected chi connectivity index (χ3v) is 4.52. The van der Waals surface area contributed by atoms with Gasteiger partial charge in [0, 0.05) is 17.9 Å². The van der Waals surface area contributed by atoms with Crippen LogP contribution in [0.4, 0.5) is 5.82 Å². The fourth-order valence-corrected chi connectivity index (χ4v) is 3.35. The molecule has 0 aliphatic carbocycles. The minimum atomic E-state index is -0.0883. The Morgan fingerprint density at radius 2 is 1.70 bits per heavy atom. The van der Waals surface area contributed by atoms with Crippen molar-refractivity contribution in [2.75, 3.05) is 5.32 Å². The largest absolute Gasteiger partial charge is 0.311 e. The van der Waals surface area contributed by atoms with E-state index in [-0.39, 0.29) is 16.7 Å². The molecule has 0 fully saturated rings. The molecular weight excluding hydrogens is 334 g/mol. The Bertz CT molecular complexity index is 773. The summed E-state index contributed by atoms with van der Waals surface area (Å²) in [6, 6.07) is 10.2. The van der Waals surface area contributed by atoms with Crippen LogP contribution in [0.1, 0.15) is 72.6 Å². The van der Waals surface area contributed by atoms with Gasteiger partial charge in [-0.1, -0.05) is 66.2 Å². The Labute approximate surface area is 164 Å². The first kappa shape index (κ1) is 21.2. The first-order chi connectivity index (χ1) is 12.3. The number of carbonyl (C=O) groups is 1. The maximum Gasteiger partial charge on any atom is 0.225 e. The molecule has 2 rings (SSSR count). The van der Waals surface area contributed by atoms with Crippen LogP contribution < -0.4 is 5.32 Å². The van der Waals surface area contributed by atoms with Gasteiger partial charge in [0.1, 0.15) is 5.82 Å².